The van der Waals surface area contributed by atoms with Crippen molar-refractivity contribution < 1.29 is 47.8 Å². The van der Waals surface area contributed by atoms with Crippen molar-refractivity contribution in [1.29, 1.82) is 0 Å². The first-order chi connectivity index (χ1) is 27.6. The quantitative estimate of drug-likeness (QED) is 0.0202. The fourth-order valence-electron chi connectivity index (χ4n) is 5.14. The molecular formula is C45H76NO10P. The zero-order chi connectivity index (χ0) is 42.1. The number of allylic oxidation sites excluding steroid dienone is 13. The van der Waals surface area contributed by atoms with E-state index in [0.29, 0.717) is 12.8 Å². The molecule has 0 aromatic rings. The Morgan fingerprint density at radius 1 is 0.596 bits per heavy atom. The molecule has 0 aliphatic heterocycles. The monoisotopic (exact) mass is 822 g/mol. The molecule has 4 atom stereocenters. The van der Waals surface area contributed by atoms with Crippen molar-refractivity contribution in [3.8, 4) is 0 Å². The first-order valence-corrected chi connectivity index (χ1v) is 22.7. The molecular weight excluding hydrogens is 745 g/mol. The van der Waals surface area contributed by atoms with Crippen LogP contribution in [0.2, 0.25) is 0 Å². The molecule has 3 unspecified atom stereocenters. The number of hydrogen-bond donors (Lipinski definition) is 4. The fraction of sp³-hybridized carbons (Fsp3) is 0.644. The third-order valence-corrected chi connectivity index (χ3v) is 9.44. The molecule has 0 aliphatic rings. The molecule has 0 fully saturated rings. The minimum absolute atomic E-state index is 0.00343. The highest BCUT2D eigenvalue weighted by Gasteiger charge is 2.26. The summed E-state index contributed by atoms with van der Waals surface area (Å²) in [5, 5.41) is 20.7. The van der Waals surface area contributed by atoms with Crippen LogP contribution in [0.1, 0.15) is 142 Å². The largest absolute Gasteiger partial charge is 0.472 e. The minimum Gasteiger partial charge on any atom is -0.462 e. The van der Waals surface area contributed by atoms with Crippen LogP contribution in [0.4, 0.5) is 0 Å². The lowest BCUT2D eigenvalue weighted by Crippen LogP contribution is -2.30. The number of carbonyl (C=O) groups excluding carboxylic acids is 2. The average Bonchev–Trinajstić information content (AvgIpc) is 3.19. The molecule has 5 N–H and O–H groups in total. The van der Waals surface area contributed by atoms with Gasteiger partial charge < -0.3 is 30.3 Å². The van der Waals surface area contributed by atoms with Crippen molar-refractivity contribution in [1.82, 2.24) is 0 Å². The van der Waals surface area contributed by atoms with Crippen LogP contribution in [0.3, 0.4) is 0 Å². The van der Waals surface area contributed by atoms with Crippen LogP contribution < -0.4 is 5.73 Å². The van der Waals surface area contributed by atoms with E-state index in [9.17, 15) is 29.3 Å². The number of unbranched alkanes of at least 4 members (excludes halogenated alkanes) is 7. The van der Waals surface area contributed by atoms with Gasteiger partial charge in [0.15, 0.2) is 6.10 Å². The number of hydrogen-bond acceptors (Lipinski definition) is 10. The number of carbonyl (C=O) groups is 2. The van der Waals surface area contributed by atoms with Gasteiger partial charge in [-0.05, 0) is 89.9 Å². The minimum atomic E-state index is -4.48. The lowest BCUT2D eigenvalue weighted by molar-refractivity contribution is -0.161. The van der Waals surface area contributed by atoms with E-state index >= 15 is 0 Å². The highest BCUT2D eigenvalue weighted by molar-refractivity contribution is 7.47. The van der Waals surface area contributed by atoms with E-state index in [2.05, 4.69) is 74.6 Å². The van der Waals surface area contributed by atoms with Crippen LogP contribution in [-0.2, 0) is 32.7 Å². The van der Waals surface area contributed by atoms with Crippen molar-refractivity contribution >= 4 is 19.8 Å². The van der Waals surface area contributed by atoms with E-state index in [1.165, 1.54) is 38.5 Å². The maximum atomic E-state index is 12.6. The summed E-state index contributed by atoms with van der Waals surface area (Å²) in [6.07, 6.45) is 42.2. The number of aliphatic hydroxyl groups excluding tert-OH is 2. The Labute approximate surface area is 344 Å². The number of rotatable bonds is 38. The van der Waals surface area contributed by atoms with Crippen LogP contribution >= 0.6 is 7.82 Å². The zero-order valence-corrected chi connectivity index (χ0v) is 35.9. The molecule has 0 radical (unpaired) electrons. The van der Waals surface area contributed by atoms with Crippen LogP contribution in [0.5, 0.6) is 0 Å². The van der Waals surface area contributed by atoms with E-state index in [0.717, 1.165) is 44.9 Å². The molecule has 0 aromatic heterocycles. The number of phosphoric acid groups is 1. The molecule has 0 rings (SSSR count). The second-order valence-corrected chi connectivity index (χ2v) is 15.3. The van der Waals surface area contributed by atoms with Crippen LogP contribution in [0.15, 0.2) is 85.1 Å². The molecule has 0 aromatic carbocycles. The maximum absolute atomic E-state index is 12.6. The maximum Gasteiger partial charge on any atom is 0.472 e. The molecule has 0 saturated carbocycles. The van der Waals surface area contributed by atoms with Crippen molar-refractivity contribution in [3.63, 3.8) is 0 Å². The van der Waals surface area contributed by atoms with Gasteiger partial charge in [-0.3, -0.25) is 18.6 Å². The lowest BCUT2D eigenvalue weighted by atomic mass is 10.0. The molecule has 0 bridgehead atoms. The molecule has 57 heavy (non-hydrogen) atoms. The van der Waals surface area contributed by atoms with E-state index < -0.39 is 44.7 Å². The SMILES string of the molecule is CCCCC/C=C\C/C=C\C/C=C\C/C=C\CCCC(=O)OC[C@H](COP(=O)(O)OCCN)OC(=O)CCCC(O)C(O)C/C=C\C/C=C\C/C=C\CCCCC. The predicted octanol–water partition coefficient (Wildman–Crippen LogP) is 9.99. The summed E-state index contributed by atoms with van der Waals surface area (Å²) in [7, 11) is -4.48. The van der Waals surface area contributed by atoms with E-state index in [1.54, 1.807) is 0 Å². The number of aliphatic hydroxyl groups is 2. The van der Waals surface area contributed by atoms with Gasteiger partial charge in [-0.1, -0.05) is 125 Å². The molecule has 0 aliphatic carbocycles. The van der Waals surface area contributed by atoms with E-state index in [4.69, 9.17) is 24.3 Å². The molecule has 0 amide bonds. The number of esters is 2. The van der Waals surface area contributed by atoms with Gasteiger partial charge >= 0.3 is 19.8 Å². The van der Waals surface area contributed by atoms with Crippen molar-refractivity contribution in [2.24, 2.45) is 5.73 Å². The molecule has 11 nitrogen and oxygen atoms in total. The first-order valence-electron chi connectivity index (χ1n) is 21.2. The molecule has 0 spiro atoms. The Kier molecular flexibility index (Phi) is 37.9. The molecule has 12 heteroatoms. The topological polar surface area (TPSA) is 175 Å². The highest BCUT2D eigenvalue weighted by Crippen LogP contribution is 2.43. The summed E-state index contributed by atoms with van der Waals surface area (Å²) >= 11 is 0. The number of phosphoric ester groups is 1. The van der Waals surface area contributed by atoms with Gasteiger partial charge in [0.2, 0.25) is 0 Å². The Hall–Kier alpha value is -2.89. The molecule has 326 valence electrons. The average molecular weight is 822 g/mol. The van der Waals surface area contributed by atoms with E-state index in [1.807, 2.05) is 24.3 Å². The van der Waals surface area contributed by atoms with Gasteiger partial charge in [-0.15, -0.1) is 0 Å². The standard InChI is InChI=1S/C45H76NO10P/c1-3-5-7-9-11-13-15-17-18-19-20-21-23-25-27-29-31-35-44(49)53-39-41(40-55-57(51,52)54-38-37-46)56-45(50)36-32-34-43(48)42(47)33-30-28-26-24-22-16-14-12-10-8-6-4-2/h11-14,17-18,20-22,24-25,27-28,30,41-43,47-48H,3-10,15-16,19,23,26,29,31-40,46H2,1-2H3,(H,51,52)/b13-11-,14-12-,18-17-,21-20-,24-22-,27-25-,30-28-/t41-,42?,43?/m1/s1. The Bertz CT molecular complexity index is 1240. The van der Waals surface area contributed by atoms with Gasteiger partial charge in [0.25, 0.3) is 0 Å². The first kappa shape index (κ1) is 54.1. The Balaban J connectivity index is 4.53. The van der Waals surface area contributed by atoms with Crippen molar-refractivity contribution in [3.05, 3.63) is 85.1 Å². The van der Waals surface area contributed by atoms with Gasteiger partial charge in [0, 0.05) is 19.4 Å². The van der Waals surface area contributed by atoms with Crippen molar-refractivity contribution in [2.75, 3.05) is 26.4 Å². The third-order valence-electron chi connectivity index (χ3n) is 8.45. The van der Waals surface area contributed by atoms with Crippen LogP contribution in [0.25, 0.3) is 0 Å². The summed E-state index contributed by atoms with van der Waals surface area (Å²) < 4.78 is 32.5. The van der Waals surface area contributed by atoms with Gasteiger partial charge in [-0.2, -0.15) is 0 Å². The van der Waals surface area contributed by atoms with Crippen molar-refractivity contribution in [2.45, 2.75) is 161 Å². The van der Waals surface area contributed by atoms with Crippen LogP contribution in [-0.4, -0.2) is 71.7 Å². The molecule has 0 saturated heterocycles. The fourth-order valence-corrected chi connectivity index (χ4v) is 5.90. The van der Waals surface area contributed by atoms with Gasteiger partial charge in [0.05, 0.1) is 25.4 Å². The summed E-state index contributed by atoms with van der Waals surface area (Å²) in [4.78, 5) is 34.9. The second kappa shape index (κ2) is 39.9. The smallest absolute Gasteiger partial charge is 0.462 e. The Morgan fingerprint density at radius 3 is 1.58 bits per heavy atom. The summed E-state index contributed by atoms with van der Waals surface area (Å²) in [6.45, 7) is 3.24. The highest BCUT2D eigenvalue weighted by atomic mass is 31.2. The summed E-state index contributed by atoms with van der Waals surface area (Å²) in [6, 6.07) is 0. The van der Waals surface area contributed by atoms with Crippen LogP contribution in [0, 0.1) is 0 Å². The summed E-state index contributed by atoms with van der Waals surface area (Å²) in [5.41, 5.74) is 5.32. The molecule has 0 heterocycles. The normalized spacial score (nSPS) is 15.3. The number of ether oxygens (including phenoxy) is 2. The second-order valence-electron chi connectivity index (χ2n) is 13.8. The summed E-state index contributed by atoms with van der Waals surface area (Å²) in [5.74, 6) is -1.19. The number of nitrogens with two attached hydrogens (primary N) is 1. The Morgan fingerprint density at radius 2 is 1.07 bits per heavy atom. The van der Waals surface area contributed by atoms with E-state index in [-0.39, 0.29) is 51.9 Å². The predicted molar refractivity (Wildman–Crippen MR) is 231 cm³/mol. The zero-order valence-electron chi connectivity index (χ0n) is 35.0. The van der Waals surface area contributed by atoms with Gasteiger partial charge in [0.1, 0.15) is 6.61 Å². The third kappa shape index (κ3) is 38.4. The van der Waals surface area contributed by atoms with Gasteiger partial charge in [-0.25, -0.2) is 4.57 Å². The lowest BCUT2D eigenvalue weighted by Gasteiger charge is -2.20.